The van der Waals surface area contributed by atoms with Crippen LogP contribution in [0, 0.1) is 13.8 Å². The minimum Gasteiger partial charge on any atom is -0.325 e. The molecule has 2 amide bonds. The summed E-state index contributed by atoms with van der Waals surface area (Å²) in [5.41, 5.74) is 3.61. The number of thioether (sulfide) groups is 1. The van der Waals surface area contributed by atoms with Crippen molar-refractivity contribution in [3.05, 3.63) is 59.9 Å². The number of anilines is 2. The minimum atomic E-state index is -0.137. The number of benzene rings is 2. The highest BCUT2D eigenvalue weighted by atomic mass is 32.2. The molecule has 2 heterocycles. The van der Waals surface area contributed by atoms with Gasteiger partial charge in [-0.1, -0.05) is 36.0 Å². The summed E-state index contributed by atoms with van der Waals surface area (Å²) >= 11 is 1.34. The highest BCUT2D eigenvalue weighted by Crippen LogP contribution is 2.26. The van der Waals surface area contributed by atoms with Crippen molar-refractivity contribution >= 4 is 35.0 Å². The van der Waals surface area contributed by atoms with Crippen LogP contribution in [0.1, 0.15) is 24.2 Å². The average Bonchev–Trinajstić information content (AvgIpc) is 3.32. The summed E-state index contributed by atoms with van der Waals surface area (Å²) in [5.74, 6) is 0.966. The van der Waals surface area contributed by atoms with E-state index in [1.807, 2.05) is 66.9 Å². The lowest BCUT2D eigenvalue weighted by atomic mass is 10.2. The van der Waals surface area contributed by atoms with Crippen molar-refractivity contribution < 1.29 is 9.59 Å². The van der Waals surface area contributed by atoms with Gasteiger partial charge in [0.15, 0.2) is 5.16 Å². The fraction of sp³-hybridized carbons (Fsp3) is 0.273. The second kappa shape index (κ2) is 8.71. The Hall–Kier alpha value is -3.13. The van der Waals surface area contributed by atoms with Crippen LogP contribution in [0.4, 0.5) is 11.4 Å². The molecule has 0 unspecified atom stereocenters. The maximum atomic E-state index is 12.5. The van der Waals surface area contributed by atoms with Gasteiger partial charge < -0.3 is 10.2 Å². The van der Waals surface area contributed by atoms with Crippen LogP contribution in [0.25, 0.3) is 5.69 Å². The fourth-order valence-corrected chi connectivity index (χ4v) is 4.32. The van der Waals surface area contributed by atoms with Gasteiger partial charge in [-0.15, -0.1) is 10.2 Å². The van der Waals surface area contributed by atoms with Crippen LogP contribution in [0.5, 0.6) is 0 Å². The van der Waals surface area contributed by atoms with Gasteiger partial charge in [-0.05, 0) is 50.1 Å². The molecular formula is C22H23N5O2S. The van der Waals surface area contributed by atoms with Gasteiger partial charge in [0.1, 0.15) is 5.82 Å². The third kappa shape index (κ3) is 4.23. The molecule has 1 N–H and O–H groups in total. The van der Waals surface area contributed by atoms with E-state index in [-0.39, 0.29) is 17.6 Å². The molecule has 2 aromatic carbocycles. The summed E-state index contributed by atoms with van der Waals surface area (Å²) < 4.78 is 1.97. The third-order valence-electron chi connectivity index (χ3n) is 5.00. The van der Waals surface area contributed by atoms with Crippen molar-refractivity contribution in [3.8, 4) is 5.69 Å². The Labute approximate surface area is 179 Å². The third-order valence-corrected chi connectivity index (χ3v) is 5.93. The van der Waals surface area contributed by atoms with E-state index in [0.29, 0.717) is 17.3 Å². The summed E-state index contributed by atoms with van der Waals surface area (Å²) in [7, 11) is 0. The first-order chi connectivity index (χ1) is 14.5. The Kier molecular flexibility index (Phi) is 5.85. The van der Waals surface area contributed by atoms with Crippen molar-refractivity contribution in [3.63, 3.8) is 0 Å². The van der Waals surface area contributed by atoms with Gasteiger partial charge >= 0.3 is 0 Å². The second-order valence-electron chi connectivity index (χ2n) is 7.19. The summed E-state index contributed by atoms with van der Waals surface area (Å²) in [6.07, 6.45) is 1.45. The predicted octanol–water partition coefficient (Wildman–Crippen LogP) is 3.74. The Morgan fingerprint density at radius 1 is 1.13 bits per heavy atom. The Balaban J connectivity index is 1.43. The van der Waals surface area contributed by atoms with Crippen molar-refractivity contribution in [2.24, 2.45) is 0 Å². The van der Waals surface area contributed by atoms with Crippen LogP contribution >= 0.6 is 11.8 Å². The molecule has 154 valence electrons. The monoisotopic (exact) mass is 421 g/mol. The van der Waals surface area contributed by atoms with Crippen LogP contribution < -0.4 is 10.2 Å². The number of hydrogen-bond acceptors (Lipinski definition) is 5. The van der Waals surface area contributed by atoms with Crippen LogP contribution in [0.3, 0.4) is 0 Å². The molecule has 1 aromatic heterocycles. The standard InChI is InChI=1S/C22H23N5O2S/c1-15-7-3-4-10-19(15)27-16(2)24-25-22(27)30-14-20(28)23-17-8-5-9-18(13-17)26-12-6-11-21(26)29/h3-5,7-10,13H,6,11-12,14H2,1-2H3,(H,23,28). The number of rotatable bonds is 6. The zero-order valence-corrected chi connectivity index (χ0v) is 17.8. The first-order valence-electron chi connectivity index (χ1n) is 9.84. The molecule has 1 aliphatic heterocycles. The molecule has 8 heteroatoms. The molecule has 0 atom stereocenters. The van der Waals surface area contributed by atoms with E-state index in [9.17, 15) is 9.59 Å². The molecule has 7 nitrogen and oxygen atoms in total. The van der Waals surface area contributed by atoms with E-state index >= 15 is 0 Å². The van der Waals surface area contributed by atoms with Gasteiger partial charge in [0.2, 0.25) is 11.8 Å². The number of nitrogens with zero attached hydrogens (tertiary/aromatic N) is 4. The number of para-hydroxylation sites is 1. The van der Waals surface area contributed by atoms with E-state index in [2.05, 4.69) is 15.5 Å². The largest absolute Gasteiger partial charge is 0.325 e. The van der Waals surface area contributed by atoms with Gasteiger partial charge in [0, 0.05) is 24.3 Å². The molecule has 1 aliphatic rings. The van der Waals surface area contributed by atoms with Gasteiger partial charge in [-0.2, -0.15) is 0 Å². The molecular weight excluding hydrogens is 398 g/mol. The lowest BCUT2D eigenvalue weighted by Gasteiger charge is -2.16. The van der Waals surface area contributed by atoms with Gasteiger partial charge in [0.25, 0.3) is 0 Å². The molecule has 1 saturated heterocycles. The predicted molar refractivity (Wildman–Crippen MR) is 118 cm³/mol. The first kappa shape index (κ1) is 20.2. The Bertz CT molecular complexity index is 1090. The number of aromatic nitrogens is 3. The number of amides is 2. The molecule has 30 heavy (non-hydrogen) atoms. The van der Waals surface area contributed by atoms with E-state index in [1.165, 1.54) is 11.8 Å². The maximum absolute atomic E-state index is 12.5. The van der Waals surface area contributed by atoms with Crippen molar-refractivity contribution in [2.75, 3.05) is 22.5 Å². The summed E-state index contributed by atoms with van der Waals surface area (Å²) in [6.45, 7) is 4.66. The molecule has 1 fully saturated rings. The molecule has 0 aliphatic carbocycles. The molecule has 0 spiro atoms. The number of hydrogen-bond donors (Lipinski definition) is 1. The Morgan fingerprint density at radius 3 is 2.73 bits per heavy atom. The van der Waals surface area contributed by atoms with E-state index in [4.69, 9.17) is 0 Å². The second-order valence-corrected chi connectivity index (χ2v) is 8.13. The first-order valence-corrected chi connectivity index (χ1v) is 10.8. The van der Waals surface area contributed by atoms with Crippen LogP contribution in [0.2, 0.25) is 0 Å². The highest BCUT2D eigenvalue weighted by Gasteiger charge is 2.22. The zero-order valence-electron chi connectivity index (χ0n) is 17.0. The summed E-state index contributed by atoms with van der Waals surface area (Å²) in [6, 6.07) is 15.4. The molecule has 0 radical (unpaired) electrons. The quantitative estimate of drug-likeness (QED) is 0.613. The fourth-order valence-electron chi connectivity index (χ4n) is 3.53. The van der Waals surface area contributed by atoms with Gasteiger partial charge in [0.05, 0.1) is 11.4 Å². The van der Waals surface area contributed by atoms with Crippen molar-refractivity contribution in [1.29, 1.82) is 0 Å². The smallest absolute Gasteiger partial charge is 0.234 e. The van der Waals surface area contributed by atoms with Crippen LogP contribution in [0.15, 0.2) is 53.7 Å². The SMILES string of the molecule is Cc1ccccc1-n1c(C)nnc1SCC(=O)Nc1cccc(N2CCCC2=O)c1. The van der Waals surface area contributed by atoms with Crippen LogP contribution in [-0.4, -0.2) is 38.9 Å². The van der Waals surface area contributed by atoms with Crippen LogP contribution in [-0.2, 0) is 9.59 Å². The average molecular weight is 422 g/mol. The topological polar surface area (TPSA) is 80.1 Å². The van der Waals surface area contributed by atoms with Gasteiger partial charge in [-0.3, -0.25) is 14.2 Å². The van der Waals surface area contributed by atoms with Crippen molar-refractivity contribution in [1.82, 2.24) is 14.8 Å². The normalized spacial score (nSPS) is 13.7. The maximum Gasteiger partial charge on any atom is 0.234 e. The molecule has 0 saturated carbocycles. The molecule has 3 aromatic rings. The minimum absolute atomic E-state index is 0.125. The zero-order chi connectivity index (χ0) is 21.1. The molecule has 0 bridgehead atoms. The van der Waals surface area contributed by atoms with E-state index < -0.39 is 0 Å². The van der Waals surface area contributed by atoms with Crippen molar-refractivity contribution in [2.45, 2.75) is 31.8 Å². The number of carbonyl (C=O) groups excluding carboxylic acids is 2. The molecule has 4 rings (SSSR count). The number of nitrogens with one attached hydrogen (secondary N) is 1. The highest BCUT2D eigenvalue weighted by molar-refractivity contribution is 7.99. The number of carbonyl (C=O) groups is 2. The van der Waals surface area contributed by atoms with Gasteiger partial charge in [-0.25, -0.2) is 0 Å². The lowest BCUT2D eigenvalue weighted by molar-refractivity contribution is -0.117. The van der Waals surface area contributed by atoms with E-state index in [1.54, 1.807) is 4.90 Å². The lowest BCUT2D eigenvalue weighted by Crippen LogP contribution is -2.23. The summed E-state index contributed by atoms with van der Waals surface area (Å²) in [5, 5.41) is 12.0. The summed E-state index contributed by atoms with van der Waals surface area (Å²) in [4.78, 5) is 26.3. The Morgan fingerprint density at radius 2 is 1.97 bits per heavy atom. The number of aryl methyl sites for hydroxylation is 2. The van der Waals surface area contributed by atoms with E-state index in [0.717, 1.165) is 35.7 Å².